The van der Waals surface area contributed by atoms with E-state index < -0.39 is 5.82 Å². The maximum absolute atomic E-state index is 13.7. The molecule has 1 aromatic heterocycles. The van der Waals surface area contributed by atoms with Gasteiger partial charge in [-0.15, -0.1) is 0 Å². The van der Waals surface area contributed by atoms with Crippen LogP contribution in [0.4, 0.5) is 4.39 Å². The Morgan fingerprint density at radius 2 is 1.75 bits per heavy atom. The van der Waals surface area contributed by atoms with Crippen molar-refractivity contribution in [2.24, 2.45) is 5.92 Å². The Labute approximate surface area is 188 Å². The molecule has 0 aliphatic heterocycles. The fourth-order valence-corrected chi connectivity index (χ4v) is 3.52. The highest BCUT2D eigenvalue weighted by Crippen LogP contribution is 2.13. The summed E-state index contributed by atoms with van der Waals surface area (Å²) in [6.45, 7) is 5.09. The van der Waals surface area contributed by atoms with Gasteiger partial charge in [0.05, 0.1) is 12.8 Å². The first-order chi connectivity index (χ1) is 15.4. The smallest absolute Gasteiger partial charge is 0.254 e. The summed E-state index contributed by atoms with van der Waals surface area (Å²) in [6.07, 6.45) is 2.27. The van der Waals surface area contributed by atoms with Crippen molar-refractivity contribution in [3.05, 3.63) is 95.7 Å². The first-order valence-corrected chi connectivity index (χ1v) is 10.8. The van der Waals surface area contributed by atoms with E-state index in [0.717, 1.165) is 5.56 Å². The third-order valence-electron chi connectivity index (χ3n) is 5.06. The van der Waals surface area contributed by atoms with Crippen LogP contribution >= 0.6 is 0 Å². The van der Waals surface area contributed by atoms with Crippen LogP contribution in [0.2, 0.25) is 0 Å². The van der Waals surface area contributed by atoms with Gasteiger partial charge in [0.2, 0.25) is 5.91 Å². The van der Waals surface area contributed by atoms with Crippen molar-refractivity contribution in [1.82, 2.24) is 9.80 Å². The van der Waals surface area contributed by atoms with Gasteiger partial charge in [-0.25, -0.2) is 4.39 Å². The number of rotatable bonds is 10. The number of carbonyl (C=O) groups excluding carboxylic acids is 2. The molecule has 1 heterocycles. The van der Waals surface area contributed by atoms with Gasteiger partial charge in [-0.1, -0.05) is 50.2 Å². The molecule has 0 atom stereocenters. The maximum Gasteiger partial charge on any atom is 0.254 e. The van der Waals surface area contributed by atoms with Crippen LogP contribution in [0.25, 0.3) is 0 Å². The molecule has 0 aliphatic carbocycles. The molecule has 2 aromatic carbocycles. The molecule has 0 N–H and O–H groups in total. The third kappa shape index (κ3) is 6.80. The van der Waals surface area contributed by atoms with Crippen LogP contribution in [0.3, 0.4) is 0 Å². The van der Waals surface area contributed by atoms with Crippen LogP contribution in [0, 0.1) is 11.7 Å². The fraction of sp³-hybridized carbons (Fsp3) is 0.308. The second-order valence-corrected chi connectivity index (χ2v) is 8.22. The van der Waals surface area contributed by atoms with Gasteiger partial charge in [0.15, 0.2) is 0 Å². The van der Waals surface area contributed by atoms with Crippen LogP contribution in [-0.4, -0.2) is 41.2 Å². The average molecular weight is 437 g/mol. The van der Waals surface area contributed by atoms with Crippen molar-refractivity contribution in [1.29, 1.82) is 0 Å². The van der Waals surface area contributed by atoms with E-state index in [-0.39, 0.29) is 29.8 Å². The van der Waals surface area contributed by atoms with Crippen LogP contribution in [0.5, 0.6) is 0 Å². The highest BCUT2D eigenvalue weighted by atomic mass is 19.1. The maximum atomic E-state index is 13.7. The van der Waals surface area contributed by atoms with E-state index in [1.165, 1.54) is 23.1 Å². The van der Waals surface area contributed by atoms with E-state index in [0.29, 0.717) is 31.8 Å². The van der Waals surface area contributed by atoms with Gasteiger partial charge in [0.1, 0.15) is 18.1 Å². The molecule has 0 bridgehead atoms. The molecule has 168 valence electrons. The minimum absolute atomic E-state index is 0.0803. The average Bonchev–Trinajstić information content (AvgIpc) is 3.29. The van der Waals surface area contributed by atoms with Gasteiger partial charge in [0.25, 0.3) is 5.91 Å². The first kappa shape index (κ1) is 23.3. The minimum Gasteiger partial charge on any atom is -0.467 e. The molecule has 0 unspecified atom stereocenters. The summed E-state index contributed by atoms with van der Waals surface area (Å²) in [5.74, 6) is -0.175. The molecule has 0 saturated carbocycles. The molecule has 3 aromatic rings. The Balaban J connectivity index is 1.76. The molecule has 0 radical (unpaired) electrons. The van der Waals surface area contributed by atoms with Crippen molar-refractivity contribution < 1.29 is 18.4 Å². The molecule has 0 saturated heterocycles. The Morgan fingerprint density at radius 1 is 0.969 bits per heavy atom. The number of carbonyl (C=O) groups is 2. The Morgan fingerprint density at radius 3 is 2.41 bits per heavy atom. The lowest BCUT2D eigenvalue weighted by Crippen LogP contribution is -2.44. The van der Waals surface area contributed by atoms with E-state index in [1.807, 2.05) is 50.2 Å². The molecular formula is C26H29FN2O3. The highest BCUT2D eigenvalue weighted by molar-refractivity contribution is 5.96. The number of benzene rings is 2. The Bertz CT molecular complexity index is 1000. The van der Waals surface area contributed by atoms with E-state index in [9.17, 15) is 14.0 Å². The summed E-state index contributed by atoms with van der Waals surface area (Å²) >= 11 is 0. The zero-order valence-electron chi connectivity index (χ0n) is 18.5. The zero-order valence-corrected chi connectivity index (χ0v) is 18.5. The predicted molar refractivity (Wildman–Crippen MR) is 121 cm³/mol. The molecule has 0 aliphatic rings. The molecule has 3 rings (SSSR count). The number of halogens is 1. The van der Waals surface area contributed by atoms with Crippen LogP contribution in [0.1, 0.15) is 35.5 Å². The van der Waals surface area contributed by atoms with E-state index in [2.05, 4.69) is 0 Å². The van der Waals surface area contributed by atoms with Crippen molar-refractivity contribution in [2.75, 3.05) is 19.6 Å². The quantitative estimate of drug-likeness (QED) is 0.459. The summed E-state index contributed by atoms with van der Waals surface area (Å²) in [7, 11) is 0. The largest absolute Gasteiger partial charge is 0.467 e. The molecule has 2 amide bonds. The van der Waals surface area contributed by atoms with E-state index >= 15 is 0 Å². The lowest BCUT2D eigenvalue weighted by molar-refractivity contribution is -0.132. The van der Waals surface area contributed by atoms with Gasteiger partial charge in [-0.3, -0.25) is 9.59 Å². The van der Waals surface area contributed by atoms with Crippen molar-refractivity contribution >= 4 is 11.8 Å². The summed E-state index contributed by atoms with van der Waals surface area (Å²) in [6, 6.07) is 19.1. The normalized spacial score (nSPS) is 10.9. The van der Waals surface area contributed by atoms with Crippen LogP contribution in [0.15, 0.2) is 77.4 Å². The van der Waals surface area contributed by atoms with Gasteiger partial charge < -0.3 is 14.2 Å². The lowest BCUT2D eigenvalue weighted by Gasteiger charge is -2.28. The van der Waals surface area contributed by atoms with Gasteiger partial charge in [0, 0.05) is 18.7 Å². The SMILES string of the molecule is CC(C)CN(CC(=O)N(CCc1ccccc1)Cc1ccco1)C(=O)c1cccc(F)c1. The molecule has 32 heavy (non-hydrogen) atoms. The van der Waals surface area contributed by atoms with Gasteiger partial charge >= 0.3 is 0 Å². The number of hydrogen-bond donors (Lipinski definition) is 0. The van der Waals surface area contributed by atoms with E-state index in [4.69, 9.17) is 4.42 Å². The molecule has 0 spiro atoms. The molecule has 5 nitrogen and oxygen atoms in total. The fourth-order valence-electron chi connectivity index (χ4n) is 3.52. The number of nitrogens with zero attached hydrogens (tertiary/aromatic N) is 2. The minimum atomic E-state index is -0.478. The number of amides is 2. The van der Waals surface area contributed by atoms with Crippen molar-refractivity contribution in [2.45, 2.75) is 26.8 Å². The highest BCUT2D eigenvalue weighted by Gasteiger charge is 2.24. The molecular weight excluding hydrogens is 407 g/mol. The monoisotopic (exact) mass is 436 g/mol. The molecule has 6 heteroatoms. The first-order valence-electron chi connectivity index (χ1n) is 10.8. The third-order valence-corrected chi connectivity index (χ3v) is 5.06. The van der Waals surface area contributed by atoms with Crippen molar-refractivity contribution in [3.8, 4) is 0 Å². The number of hydrogen-bond acceptors (Lipinski definition) is 3. The lowest BCUT2D eigenvalue weighted by atomic mass is 10.1. The predicted octanol–water partition coefficient (Wildman–Crippen LogP) is 4.79. The zero-order chi connectivity index (χ0) is 22.9. The standard InChI is InChI=1S/C26H29FN2O3/c1-20(2)17-29(26(31)22-10-6-11-23(27)16-22)19-25(30)28(18-24-12-7-15-32-24)14-13-21-8-4-3-5-9-21/h3-12,15-16,20H,13-14,17-19H2,1-2H3. The van der Waals surface area contributed by atoms with Crippen LogP contribution < -0.4 is 0 Å². The topological polar surface area (TPSA) is 53.8 Å². The summed E-state index contributed by atoms with van der Waals surface area (Å²) < 4.78 is 19.1. The summed E-state index contributed by atoms with van der Waals surface area (Å²) in [4.78, 5) is 29.6. The van der Waals surface area contributed by atoms with Gasteiger partial charge in [-0.05, 0) is 48.2 Å². The molecule has 0 fully saturated rings. The second kappa shape index (κ2) is 11.3. The Hall–Kier alpha value is -3.41. The number of furan rings is 1. The van der Waals surface area contributed by atoms with E-state index in [1.54, 1.807) is 23.3 Å². The van der Waals surface area contributed by atoms with Crippen molar-refractivity contribution in [3.63, 3.8) is 0 Å². The summed E-state index contributed by atoms with van der Waals surface area (Å²) in [5, 5.41) is 0. The Kier molecular flexibility index (Phi) is 8.20. The second-order valence-electron chi connectivity index (χ2n) is 8.22. The van der Waals surface area contributed by atoms with Gasteiger partial charge in [-0.2, -0.15) is 0 Å². The summed E-state index contributed by atoms with van der Waals surface area (Å²) in [5.41, 5.74) is 1.36. The van der Waals surface area contributed by atoms with Crippen LogP contribution in [-0.2, 0) is 17.8 Å².